The topological polar surface area (TPSA) is 66.2 Å². The Labute approximate surface area is 147 Å². The largest absolute Gasteiger partial charge is 0.486 e. The van der Waals surface area contributed by atoms with Crippen molar-refractivity contribution in [3.05, 3.63) is 58.4 Å². The van der Waals surface area contributed by atoms with Crippen LogP contribution in [0.15, 0.2) is 47.3 Å². The molecule has 0 amide bonds. The third-order valence-electron chi connectivity index (χ3n) is 4.96. The van der Waals surface area contributed by atoms with Gasteiger partial charge in [0.05, 0.1) is 23.0 Å². The summed E-state index contributed by atoms with van der Waals surface area (Å²) in [5, 5.41) is 1.60. The molecule has 4 heterocycles. The SMILES string of the molecule is O=c1c2ccccc2nc2n1Cc1cc3cc4c(cc3nc1-2)OCCO4. The molecular weight excluding hydrogens is 330 g/mol. The lowest BCUT2D eigenvalue weighted by Gasteiger charge is -2.18. The first-order chi connectivity index (χ1) is 12.8. The fourth-order valence-corrected chi connectivity index (χ4v) is 3.73. The lowest BCUT2D eigenvalue weighted by atomic mass is 10.1. The second-order valence-electron chi connectivity index (χ2n) is 6.53. The number of hydrogen-bond acceptors (Lipinski definition) is 5. The Morgan fingerprint density at radius 2 is 1.73 bits per heavy atom. The van der Waals surface area contributed by atoms with Crippen molar-refractivity contribution in [3.8, 4) is 23.0 Å². The highest BCUT2D eigenvalue weighted by Gasteiger charge is 2.25. The van der Waals surface area contributed by atoms with E-state index in [0.717, 1.165) is 27.9 Å². The van der Waals surface area contributed by atoms with Crippen molar-refractivity contribution in [2.45, 2.75) is 6.54 Å². The Kier molecular flexibility index (Phi) is 2.56. The zero-order chi connectivity index (χ0) is 17.3. The first kappa shape index (κ1) is 13.8. The number of fused-ring (bicyclic) bond motifs is 6. The monoisotopic (exact) mass is 343 g/mol. The minimum atomic E-state index is -0.0291. The van der Waals surface area contributed by atoms with Gasteiger partial charge in [-0.2, -0.15) is 0 Å². The van der Waals surface area contributed by atoms with E-state index in [1.165, 1.54) is 0 Å². The standard InChI is InChI=1S/C20H13N3O3/c24-20-13-3-1-2-4-14(13)22-19-18-12(10-23(19)20)7-11-8-16-17(9-15(11)21-18)26-6-5-25-16/h1-4,7-9H,5-6,10H2. The van der Waals surface area contributed by atoms with Crippen LogP contribution in [0.4, 0.5) is 0 Å². The lowest BCUT2D eigenvalue weighted by Crippen LogP contribution is -2.20. The fraction of sp³-hybridized carbons (Fsp3) is 0.150. The first-order valence-electron chi connectivity index (χ1n) is 8.51. The van der Waals surface area contributed by atoms with Crippen molar-refractivity contribution >= 4 is 21.8 Å². The van der Waals surface area contributed by atoms with Crippen LogP contribution in [0, 0.1) is 0 Å². The Morgan fingerprint density at radius 3 is 2.62 bits per heavy atom. The van der Waals surface area contributed by atoms with E-state index in [-0.39, 0.29) is 5.56 Å². The molecule has 0 spiro atoms. The molecule has 6 nitrogen and oxygen atoms in total. The minimum Gasteiger partial charge on any atom is -0.486 e. The van der Waals surface area contributed by atoms with Crippen molar-refractivity contribution in [2.75, 3.05) is 13.2 Å². The van der Waals surface area contributed by atoms with Crippen LogP contribution in [0.1, 0.15) is 5.56 Å². The van der Waals surface area contributed by atoms with Crippen LogP contribution in [0.3, 0.4) is 0 Å². The zero-order valence-electron chi connectivity index (χ0n) is 13.7. The van der Waals surface area contributed by atoms with Crippen LogP contribution < -0.4 is 15.0 Å². The van der Waals surface area contributed by atoms with Crippen LogP contribution in [0.5, 0.6) is 11.5 Å². The average Bonchev–Trinajstić information content (AvgIpc) is 3.02. The van der Waals surface area contributed by atoms with Crippen molar-refractivity contribution < 1.29 is 9.47 Å². The summed E-state index contributed by atoms with van der Waals surface area (Å²) in [7, 11) is 0. The highest BCUT2D eigenvalue weighted by Crippen LogP contribution is 2.37. The Hall–Kier alpha value is -3.41. The van der Waals surface area contributed by atoms with E-state index >= 15 is 0 Å². The molecule has 0 unspecified atom stereocenters. The number of pyridine rings is 1. The molecule has 2 aromatic carbocycles. The highest BCUT2D eigenvalue weighted by atomic mass is 16.6. The third kappa shape index (κ3) is 1.78. The molecule has 126 valence electrons. The average molecular weight is 343 g/mol. The fourth-order valence-electron chi connectivity index (χ4n) is 3.73. The molecule has 6 heteroatoms. The summed E-state index contributed by atoms with van der Waals surface area (Å²) >= 11 is 0. The van der Waals surface area contributed by atoms with E-state index in [4.69, 9.17) is 19.4 Å². The molecule has 6 rings (SSSR count). The molecule has 4 aromatic rings. The summed E-state index contributed by atoms with van der Waals surface area (Å²) < 4.78 is 13.0. The van der Waals surface area contributed by atoms with E-state index < -0.39 is 0 Å². The van der Waals surface area contributed by atoms with Crippen LogP contribution in [-0.2, 0) is 6.54 Å². The molecule has 0 atom stereocenters. The van der Waals surface area contributed by atoms with Gasteiger partial charge in [-0.05, 0) is 24.3 Å². The summed E-state index contributed by atoms with van der Waals surface area (Å²) in [5.74, 6) is 2.07. The quantitative estimate of drug-likeness (QED) is 0.432. The van der Waals surface area contributed by atoms with Gasteiger partial charge in [-0.15, -0.1) is 0 Å². The maximum Gasteiger partial charge on any atom is 0.262 e. The van der Waals surface area contributed by atoms with Gasteiger partial charge in [0.2, 0.25) is 0 Å². The molecule has 0 aliphatic carbocycles. The second-order valence-corrected chi connectivity index (χ2v) is 6.53. The summed E-state index contributed by atoms with van der Waals surface area (Å²) in [4.78, 5) is 22.3. The predicted molar refractivity (Wildman–Crippen MR) is 96.8 cm³/mol. The molecule has 0 radical (unpaired) electrons. The van der Waals surface area contributed by atoms with Gasteiger partial charge in [0.25, 0.3) is 5.56 Å². The second kappa shape index (κ2) is 4.82. The molecule has 2 aliphatic heterocycles. The summed E-state index contributed by atoms with van der Waals surface area (Å²) in [5.41, 5.74) is 3.23. The van der Waals surface area contributed by atoms with Crippen LogP contribution in [0.25, 0.3) is 33.3 Å². The maximum absolute atomic E-state index is 12.8. The number of rotatable bonds is 0. The van der Waals surface area contributed by atoms with Crippen molar-refractivity contribution in [1.82, 2.24) is 14.5 Å². The Balaban J connectivity index is 1.63. The van der Waals surface area contributed by atoms with Gasteiger partial charge in [0.1, 0.15) is 18.9 Å². The van der Waals surface area contributed by atoms with E-state index in [2.05, 4.69) is 6.07 Å². The summed E-state index contributed by atoms with van der Waals surface area (Å²) in [6.45, 7) is 1.57. The summed E-state index contributed by atoms with van der Waals surface area (Å²) in [6.07, 6.45) is 0. The number of benzene rings is 2. The van der Waals surface area contributed by atoms with Gasteiger partial charge >= 0.3 is 0 Å². The Morgan fingerprint density at radius 1 is 0.923 bits per heavy atom. The van der Waals surface area contributed by atoms with Gasteiger partial charge < -0.3 is 9.47 Å². The molecule has 2 aromatic heterocycles. The molecule has 0 N–H and O–H groups in total. The molecule has 26 heavy (non-hydrogen) atoms. The van der Waals surface area contributed by atoms with E-state index in [1.807, 2.05) is 36.4 Å². The van der Waals surface area contributed by atoms with Gasteiger partial charge in [-0.3, -0.25) is 9.36 Å². The molecule has 0 saturated carbocycles. The molecule has 2 aliphatic rings. The van der Waals surface area contributed by atoms with E-state index in [9.17, 15) is 4.79 Å². The van der Waals surface area contributed by atoms with Crippen molar-refractivity contribution in [3.63, 3.8) is 0 Å². The molecule has 0 fully saturated rings. The number of nitrogens with zero attached hydrogens (tertiary/aromatic N) is 3. The van der Waals surface area contributed by atoms with Gasteiger partial charge in [-0.1, -0.05) is 12.1 Å². The maximum atomic E-state index is 12.8. The van der Waals surface area contributed by atoms with E-state index in [1.54, 1.807) is 4.57 Å². The minimum absolute atomic E-state index is 0.0291. The van der Waals surface area contributed by atoms with Crippen molar-refractivity contribution in [2.24, 2.45) is 0 Å². The first-order valence-corrected chi connectivity index (χ1v) is 8.51. The molecule has 0 saturated heterocycles. The van der Waals surface area contributed by atoms with Crippen LogP contribution >= 0.6 is 0 Å². The predicted octanol–water partition coefficient (Wildman–Crippen LogP) is 2.74. The zero-order valence-corrected chi connectivity index (χ0v) is 13.7. The van der Waals surface area contributed by atoms with Gasteiger partial charge in [0, 0.05) is 17.0 Å². The normalized spacial score (nSPS) is 14.5. The number of para-hydroxylation sites is 1. The highest BCUT2D eigenvalue weighted by molar-refractivity contribution is 5.87. The van der Waals surface area contributed by atoms with E-state index in [0.29, 0.717) is 42.2 Å². The Bertz CT molecular complexity index is 1290. The number of ether oxygens (including phenoxy) is 2. The smallest absolute Gasteiger partial charge is 0.262 e. The van der Waals surface area contributed by atoms with Crippen LogP contribution in [-0.4, -0.2) is 27.7 Å². The number of hydrogen-bond donors (Lipinski definition) is 0. The summed E-state index contributed by atoms with van der Waals surface area (Å²) in [6, 6.07) is 13.3. The third-order valence-corrected chi connectivity index (χ3v) is 4.96. The van der Waals surface area contributed by atoms with Crippen molar-refractivity contribution in [1.29, 1.82) is 0 Å². The van der Waals surface area contributed by atoms with Crippen LogP contribution in [0.2, 0.25) is 0 Å². The number of aromatic nitrogens is 3. The molecular formula is C20H13N3O3. The van der Waals surface area contributed by atoms with Gasteiger partial charge in [0.15, 0.2) is 17.3 Å². The molecule has 0 bridgehead atoms. The van der Waals surface area contributed by atoms with Gasteiger partial charge in [-0.25, -0.2) is 9.97 Å². The lowest BCUT2D eigenvalue weighted by molar-refractivity contribution is 0.172.